The van der Waals surface area contributed by atoms with E-state index < -0.39 is 18.0 Å². The molecule has 1 aliphatic heterocycles. The van der Waals surface area contributed by atoms with E-state index in [0.717, 1.165) is 0 Å². The highest BCUT2D eigenvalue weighted by Gasteiger charge is 2.41. The minimum atomic E-state index is -4.23. The fraction of sp³-hybridized carbons (Fsp3) is 0.438. The molecule has 2 heterocycles. The first-order valence-corrected chi connectivity index (χ1v) is 8.44. The van der Waals surface area contributed by atoms with Crippen LogP contribution >= 0.6 is 11.6 Å². The third-order valence-electron chi connectivity index (χ3n) is 4.23. The SMILES string of the molecule is O=C(CN1CCC[C@H](C(F)(F)F)C1)Nc1cc(Cl)ccc1-n1cncn1. The summed E-state index contributed by atoms with van der Waals surface area (Å²) in [6.07, 6.45) is -0.893. The van der Waals surface area contributed by atoms with Crippen LogP contribution in [0.15, 0.2) is 30.9 Å². The molecule has 0 unspecified atom stereocenters. The number of alkyl halides is 3. The predicted octanol–water partition coefficient (Wildman–Crippen LogP) is 3.13. The van der Waals surface area contributed by atoms with Crippen LogP contribution in [0.3, 0.4) is 0 Å². The third-order valence-corrected chi connectivity index (χ3v) is 4.47. The molecule has 1 aromatic carbocycles. The molecule has 1 saturated heterocycles. The van der Waals surface area contributed by atoms with Crippen LogP contribution in [0.4, 0.5) is 18.9 Å². The molecule has 6 nitrogen and oxygen atoms in total. The number of hydrogen-bond donors (Lipinski definition) is 1. The number of piperidine rings is 1. The summed E-state index contributed by atoms with van der Waals surface area (Å²) in [5.41, 5.74) is 0.976. The predicted molar refractivity (Wildman–Crippen MR) is 90.2 cm³/mol. The molecule has 26 heavy (non-hydrogen) atoms. The summed E-state index contributed by atoms with van der Waals surface area (Å²) in [7, 11) is 0. The molecule has 10 heteroatoms. The molecule has 0 saturated carbocycles. The van der Waals surface area contributed by atoms with Gasteiger partial charge in [0.1, 0.15) is 12.7 Å². The van der Waals surface area contributed by atoms with Gasteiger partial charge < -0.3 is 5.32 Å². The molecule has 1 atom stereocenters. The van der Waals surface area contributed by atoms with Crippen molar-refractivity contribution in [2.45, 2.75) is 19.0 Å². The topological polar surface area (TPSA) is 63.1 Å². The van der Waals surface area contributed by atoms with E-state index in [1.165, 1.54) is 22.2 Å². The summed E-state index contributed by atoms with van der Waals surface area (Å²) < 4.78 is 40.2. The number of nitrogens with one attached hydrogen (secondary N) is 1. The van der Waals surface area contributed by atoms with Crippen LogP contribution in [-0.4, -0.2) is 51.4 Å². The van der Waals surface area contributed by atoms with Crippen molar-refractivity contribution in [2.24, 2.45) is 5.92 Å². The van der Waals surface area contributed by atoms with Crippen molar-refractivity contribution < 1.29 is 18.0 Å². The minimum absolute atomic E-state index is 0.104. The number of benzene rings is 1. The van der Waals surface area contributed by atoms with Gasteiger partial charge in [0, 0.05) is 11.6 Å². The van der Waals surface area contributed by atoms with E-state index in [2.05, 4.69) is 15.4 Å². The zero-order chi connectivity index (χ0) is 18.7. The number of rotatable bonds is 4. The Morgan fingerprint density at radius 3 is 2.88 bits per heavy atom. The second kappa shape index (κ2) is 7.63. The van der Waals surface area contributed by atoms with Gasteiger partial charge in [-0.2, -0.15) is 18.3 Å². The lowest BCUT2D eigenvalue weighted by atomic mass is 9.97. The maximum Gasteiger partial charge on any atom is 0.393 e. The van der Waals surface area contributed by atoms with Gasteiger partial charge in [0.2, 0.25) is 5.91 Å². The Balaban J connectivity index is 1.68. The quantitative estimate of drug-likeness (QED) is 0.875. The molecule has 0 radical (unpaired) electrons. The first-order valence-electron chi connectivity index (χ1n) is 8.06. The van der Waals surface area contributed by atoms with Crippen molar-refractivity contribution in [3.8, 4) is 5.69 Å². The summed E-state index contributed by atoms with van der Waals surface area (Å²) >= 11 is 5.99. The van der Waals surface area contributed by atoms with Crippen LogP contribution in [0, 0.1) is 5.92 Å². The van der Waals surface area contributed by atoms with Gasteiger partial charge in [-0.25, -0.2) is 9.67 Å². The normalized spacial score (nSPS) is 18.7. The Morgan fingerprint density at radius 2 is 2.19 bits per heavy atom. The standard InChI is InChI=1S/C16H17ClF3N5O/c17-12-3-4-14(25-10-21-9-22-25)13(6-12)23-15(26)8-24-5-1-2-11(7-24)16(18,19)20/h3-4,6,9-11H,1-2,5,7-8H2,(H,23,26)/t11-/m0/s1. The van der Waals surface area contributed by atoms with Gasteiger partial charge in [-0.1, -0.05) is 11.6 Å². The summed E-state index contributed by atoms with van der Waals surface area (Å²) in [6.45, 7) is 0.184. The van der Waals surface area contributed by atoms with Crippen LogP contribution in [0.5, 0.6) is 0 Å². The van der Waals surface area contributed by atoms with E-state index in [-0.39, 0.29) is 19.5 Å². The molecule has 2 aromatic rings. The Bertz CT molecular complexity index is 766. The lowest BCUT2D eigenvalue weighted by molar-refractivity contribution is -0.186. The number of carbonyl (C=O) groups excluding carboxylic acids is 1. The Labute approximate surface area is 153 Å². The maximum atomic E-state index is 12.9. The number of likely N-dealkylation sites (tertiary alicyclic amines) is 1. The molecule has 1 amide bonds. The molecule has 1 fully saturated rings. The summed E-state index contributed by atoms with van der Waals surface area (Å²) in [5.74, 6) is -1.79. The van der Waals surface area contributed by atoms with Crippen LogP contribution in [0.2, 0.25) is 5.02 Å². The Kier molecular flexibility index (Phi) is 5.47. The highest BCUT2D eigenvalue weighted by Crippen LogP contribution is 2.33. The smallest absolute Gasteiger partial charge is 0.323 e. The lowest BCUT2D eigenvalue weighted by Gasteiger charge is -2.33. The molecule has 1 aromatic heterocycles. The second-order valence-electron chi connectivity index (χ2n) is 6.17. The van der Waals surface area contributed by atoms with Gasteiger partial charge in [-0.15, -0.1) is 0 Å². The summed E-state index contributed by atoms with van der Waals surface area (Å²) in [4.78, 5) is 17.7. The summed E-state index contributed by atoms with van der Waals surface area (Å²) in [6, 6.07) is 4.88. The molecule has 0 spiro atoms. The van der Waals surface area contributed by atoms with Crippen molar-refractivity contribution in [3.63, 3.8) is 0 Å². The zero-order valence-corrected chi connectivity index (χ0v) is 14.5. The van der Waals surface area contributed by atoms with Crippen LogP contribution < -0.4 is 5.32 Å². The van der Waals surface area contributed by atoms with Crippen molar-refractivity contribution >= 4 is 23.2 Å². The van der Waals surface area contributed by atoms with E-state index in [1.807, 2.05) is 0 Å². The van der Waals surface area contributed by atoms with Gasteiger partial charge in [0.25, 0.3) is 0 Å². The molecule has 1 aliphatic rings. The number of anilines is 1. The Morgan fingerprint density at radius 1 is 1.38 bits per heavy atom. The van der Waals surface area contributed by atoms with Crippen molar-refractivity contribution in [2.75, 3.05) is 25.0 Å². The first-order chi connectivity index (χ1) is 12.3. The fourth-order valence-corrected chi connectivity index (χ4v) is 3.17. The third kappa shape index (κ3) is 4.53. The van der Waals surface area contributed by atoms with E-state index >= 15 is 0 Å². The highest BCUT2D eigenvalue weighted by atomic mass is 35.5. The number of amides is 1. The van der Waals surface area contributed by atoms with E-state index in [1.54, 1.807) is 18.2 Å². The monoisotopic (exact) mass is 387 g/mol. The van der Waals surface area contributed by atoms with E-state index in [4.69, 9.17) is 11.6 Å². The lowest BCUT2D eigenvalue weighted by Crippen LogP contribution is -2.44. The molecule has 0 bridgehead atoms. The largest absolute Gasteiger partial charge is 0.393 e. The molecular formula is C16H17ClF3N5O. The number of hydrogen-bond acceptors (Lipinski definition) is 4. The van der Waals surface area contributed by atoms with Crippen molar-refractivity contribution in [1.29, 1.82) is 0 Å². The molecule has 0 aliphatic carbocycles. The highest BCUT2D eigenvalue weighted by molar-refractivity contribution is 6.31. The molecule has 3 rings (SSSR count). The maximum absolute atomic E-state index is 12.9. The van der Waals surface area contributed by atoms with Gasteiger partial charge in [0.05, 0.1) is 23.8 Å². The van der Waals surface area contributed by atoms with Crippen LogP contribution in [-0.2, 0) is 4.79 Å². The molecule has 140 valence electrons. The number of nitrogens with zero attached hydrogens (tertiary/aromatic N) is 4. The number of aromatic nitrogens is 3. The van der Waals surface area contributed by atoms with Gasteiger partial charge >= 0.3 is 6.18 Å². The van der Waals surface area contributed by atoms with Gasteiger partial charge in [-0.05, 0) is 37.6 Å². The number of halogens is 4. The van der Waals surface area contributed by atoms with Crippen molar-refractivity contribution in [3.05, 3.63) is 35.9 Å². The molecule has 1 N–H and O–H groups in total. The number of carbonyl (C=O) groups is 1. The van der Waals surface area contributed by atoms with E-state index in [0.29, 0.717) is 29.4 Å². The second-order valence-corrected chi connectivity index (χ2v) is 6.60. The minimum Gasteiger partial charge on any atom is -0.323 e. The average Bonchev–Trinajstić information content (AvgIpc) is 3.08. The van der Waals surface area contributed by atoms with Crippen LogP contribution in [0.25, 0.3) is 5.69 Å². The first kappa shape index (κ1) is 18.7. The summed E-state index contributed by atoms with van der Waals surface area (Å²) in [5, 5.41) is 7.13. The zero-order valence-electron chi connectivity index (χ0n) is 13.7. The van der Waals surface area contributed by atoms with E-state index in [9.17, 15) is 18.0 Å². The fourth-order valence-electron chi connectivity index (χ4n) is 3.00. The van der Waals surface area contributed by atoms with Crippen LogP contribution in [0.1, 0.15) is 12.8 Å². The van der Waals surface area contributed by atoms with Crippen molar-refractivity contribution in [1.82, 2.24) is 19.7 Å². The average molecular weight is 388 g/mol. The Hall–Kier alpha value is -2.13. The van der Waals surface area contributed by atoms with Gasteiger partial charge in [-0.3, -0.25) is 9.69 Å². The molecular weight excluding hydrogens is 371 g/mol. The van der Waals surface area contributed by atoms with Gasteiger partial charge in [0.15, 0.2) is 0 Å².